The number of nitrogens with one attached hydrogen (secondary N) is 1. The van der Waals surface area contributed by atoms with Crippen LogP contribution in [0.2, 0.25) is 0 Å². The van der Waals surface area contributed by atoms with Crippen molar-refractivity contribution in [1.29, 1.82) is 0 Å². The van der Waals surface area contributed by atoms with Gasteiger partial charge in [0, 0.05) is 31.9 Å². The van der Waals surface area contributed by atoms with Crippen molar-refractivity contribution in [3.8, 4) is 5.69 Å². The second-order valence-electron chi connectivity index (χ2n) is 7.56. The maximum absolute atomic E-state index is 13.7. The highest BCUT2D eigenvalue weighted by Crippen LogP contribution is 2.32. The number of piperazine rings is 1. The topological polar surface area (TPSA) is 83.4 Å². The Morgan fingerprint density at radius 2 is 1.56 bits per heavy atom. The van der Waals surface area contributed by atoms with Crippen LogP contribution in [0.4, 0.5) is 23.2 Å². The number of carbonyl (C=O) groups excluding carboxylic acids is 2. The number of nitrogens with zero attached hydrogens (tertiary/aromatic N) is 5. The number of amides is 2. The van der Waals surface area contributed by atoms with Gasteiger partial charge in [-0.3, -0.25) is 9.59 Å². The van der Waals surface area contributed by atoms with Crippen LogP contribution in [0.5, 0.6) is 0 Å². The molecule has 1 aromatic heterocycles. The number of benzene rings is 2. The molecule has 1 aliphatic heterocycles. The van der Waals surface area contributed by atoms with Gasteiger partial charge in [-0.05, 0) is 36.4 Å². The van der Waals surface area contributed by atoms with Crippen molar-refractivity contribution >= 4 is 17.5 Å². The van der Waals surface area contributed by atoms with Crippen molar-refractivity contribution in [3.63, 3.8) is 0 Å². The van der Waals surface area contributed by atoms with Crippen LogP contribution in [0.1, 0.15) is 16.2 Å². The number of anilines is 1. The molecule has 1 saturated heterocycles. The molecule has 1 N–H and O–H groups in total. The number of halogens is 4. The molecule has 8 nitrogen and oxygen atoms in total. The van der Waals surface area contributed by atoms with E-state index in [1.807, 2.05) is 30.3 Å². The molecule has 3 aromatic rings. The zero-order valence-corrected chi connectivity index (χ0v) is 17.8. The molecule has 1 fully saturated rings. The van der Waals surface area contributed by atoms with Gasteiger partial charge in [0.25, 0.3) is 5.91 Å². The summed E-state index contributed by atoms with van der Waals surface area (Å²) in [4.78, 5) is 28.6. The lowest BCUT2D eigenvalue weighted by Gasteiger charge is -2.36. The first kappa shape index (κ1) is 23.2. The van der Waals surface area contributed by atoms with Gasteiger partial charge >= 0.3 is 6.18 Å². The van der Waals surface area contributed by atoms with E-state index in [9.17, 15) is 27.2 Å². The summed E-state index contributed by atoms with van der Waals surface area (Å²) in [6.07, 6.45) is -4.97. The smallest absolute Gasteiger partial charge is 0.368 e. The number of rotatable bonds is 5. The third-order valence-corrected chi connectivity index (χ3v) is 5.38. The predicted octanol–water partition coefficient (Wildman–Crippen LogP) is 2.50. The molecular formula is C22H20F4N6O2. The van der Waals surface area contributed by atoms with Crippen LogP contribution in [0, 0.1) is 5.82 Å². The third kappa shape index (κ3) is 5.00. The molecule has 0 aliphatic carbocycles. The molecule has 1 aliphatic rings. The molecule has 34 heavy (non-hydrogen) atoms. The monoisotopic (exact) mass is 476 g/mol. The van der Waals surface area contributed by atoms with E-state index in [1.54, 1.807) is 4.90 Å². The minimum atomic E-state index is -4.97. The van der Waals surface area contributed by atoms with Crippen LogP contribution >= 0.6 is 0 Å². The van der Waals surface area contributed by atoms with Crippen LogP contribution in [0.25, 0.3) is 5.69 Å². The van der Waals surface area contributed by atoms with E-state index in [1.165, 1.54) is 0 Å². The summed E-state index contributed by atoms with van der Waals surface area (Å²) >= 11 is 0. The second-order valence-corrected chi connectivity index (χ2v) is 7.56. The first-order chi connectivity index (χ1) is 16.2. The lowest BCUT2D eigenvalue weighted by molar-refractivity contribution is -0.143. The molecule has 12 heteroatoms. The third-order valence-electron chi connectivity index (χ3n) is 5.38. The number of hydrogen-bond donors (Lipinski definition) is 1. The number of alkyl halides is 3. The lowest BCUT2D eigenvalue weighted by atomic mass is 10.2. The van der Waals surface area contributed by atoms with Gasteiger partial charge in [-0.25, -0.2) is 9.07 Å². The first-order valence-corrected chi connectivity index (χ1v) is 10.4. The number of carbonyl (C=O) groups is 2. The maximum Gasteiger partial charge on any atom is 0.435 e. The predicted molar refractivity (Wildman–Crippen MR) is 114 cm³/mol. The molecule has 0 spiro atoms. The van der Waals surface area contributed by atoms with Gasteiger partial charge in [-0.1, -0.05) is 23.4 Å². The quantitative estimate of drug-likeness (QED) is 0.573. The standard InChI is InChI=1S/C22H20F4N6O2/c23-15-6-8-17(9-7-15)32-20(22(24,25)26)19(28-29-32)21(34)27-14-18(33)31-12-10-30(11-13-31)16-4-2-1-3-5-16/h1-9H,10-14H2,(H,27,34). The Morgan fingerprint density at radius 1 is 0.912 bits per heavy atom. The van der Waals surface area contributed by atoms with Crippen molar-refractivity contribution in [2.24, 2.45) is 0 Å². The Morgan fingerprint density at radius 3 is 2.18 bits per heavy atom. The second kappa shape index (κ2) is 9.49. The minimum Gasteiger partial charge on any atom is -0.368 e. The van der Waals surface area contributed by atoms with E-state index >= 15 is 0 Å². The zero-order valence-electron chi connectivity index (χ0n) is 17.8. The van der Waals surface area contributed by atoms with Crippen LogP contribution in [0.15, 0.2) is 54.6 Å². The molecule has 178 valence electrons. The van der Waals surface area contributed by atoms with E-state index in [4.69, 9.17) is 0 Å². The van der Waals surface area contributed by atoms with Crippen molar-refractivity contribution < 1.29 is 27.2 Å². The Hall–Kier alpha value is -3.96. The minimum absolute atomic E-state index is 0.118. The Balaban J connectivity index is 1.40. The van der Waals surface area contributed by atoms with Crippen molar-refractivity contribution in [2.75, 3.05) is 37.6 Å². The summed E-state index contributed by atoms with van der Waals surface area (Å²) < 4.78 is 54.7. The van der Waals surface area contributed by atoms with Crippen molar-refractivity contribution in [3.05, 3.63) is 71.8 Å². The normalized spacial score (nSPS) is 14.2. The Labute approximate surface area is 191 Å². The van der Waals surface area contributed by atoms with Crippen LogP contribution < -0.4 is 10.2 Å². The zero-order chi connectivity index (χ0) is 24.3. The van der Waals surface area contributed by atoms with Gasteiger partial charge < -0.3 is 15.1 Å². The molecule has 0 unspecified atom stereocenters. The summed E-state index contributed by atoms with van der Waals surface area (Å²) in [5.74, 6) is -2.24. The van der Waals surface area contributed by atoms with Gasteiger partial charge in [0.2, 0.25) is 5.91 Å². The number of hydrogen-bond acceptors (Lipinski definition) is 5. The van der Waals surface area contributed by atoms with Crippen molar-refractivity contribution in [1.82, 2.24) is 25.2 Å². The van der Waals surface area contributed by atoms with E-state index in [2.05, 4.69) is 20.5 Å². The van der Waals surface area contributed by atoms with Gasteiger partial charge in [-0.2, -0.15) is 13.2 Å². The van der Waals surface area contributed by atoms with Crippen LogP contribution in [0.3, 0.4) is 0 Å². The number of para-hydroxylation sites is 1. The summed E-state index contributed by atoms with van der Waals surface area (Å²) in [7, 11) is 0. The highest BCUT2D eigenvalue weighted by atomic mass is 19.4. The van der Waals surface area contributed by atoms with Gasteiger partial charge in [0.1, 0.15) is 5.82 Å². The summed E-state index contributed by atoms with van der Waals surface area (Å²) in [6, 6.07) is 13.8. The first-order valence-electron chi connectivity index (χ1n) is 10.4. The Bertz CT molecular complexity index is 1160. The fraction of sp³-hybridized carbons (Fsp3) is 0.273. The average Bonchev–Trinajstić information content (AvgIpc) is 3.30. The maximum atomic E-state index is 13.7. The van der Waals surface area contributed by atoms with Gasteiger partial charge in [0.15, 0.2) is 11.4 Å². The highest BCUT2D eigenvalue weighted by Gasteiger charge is 2.42. The summed E-state index contributed by atoms with van der Waals surface area (Å²) in [5, 5.41) is 9.00. The lowest BCUT2D eigenvalue weighted by Crippen LogP contribution is -2.51. The molecule has 2 amide bonds. The molecule has 0 saturated carbocycles. The largest absolute Gasteiger partial charge is 0.435 e. The number of aromatic nitrogens is 3. The molecule has 0 atom stereocenters. The van der Waals surface area contributed by atoms with Crippen LogP contribution in [-0.2, 0) is 11.0 Å². The van der Waals surface area contributed by atoms with E-state index in [-0.39, 0.29) is 5.69 Å². The van der Waals surface area contributed by atoms with E-state index in [0.717, 1.165) is 30.0 Å². The fourth-order valence-electron chi connectivity index (χ4n) is 3.66. The Kier molecular flexibility index (Phi) is 6.48. The molecule has 0 bridgehead atoms. The van der Waals surface area contributed by atoms with Crippen LogP contribution in [-0.4, -0.2) is 64.4 Å². The summed E-state index contributed by atoms with van der Waals surface area (Å²) in [6.45, 7) is 1.53. The highest BCUT2D eigenvalue weighted by molar-refractivity contribution is 5.96. The van der Waals surface area contributed by atoms with Gasteiger partial charge in [-0.15, -0.1) is 5.10 Å². The van der Waals surface area contributed by atoms with Crippen molar-refractivity contribution in [2.45, 2.75) is 6.18 Å². The summed E-state index contributed by atoms with van der Waals surface area (Å²) in [5.41, 5.74) is -1.47. The average molecular weight is 476 g/mol. The fourth-order valence-corrected chi connectivity index (χ4v) is 3.66. The molecule has 2 aromatic carbocycles. The molecule has 4 rings (SSSR count). The SMILES string of the molecule is O=C(NCC(=O)N1CCN(c2ccccc2)CC1)c1nnn(-c2ccc(F)cc2)c1C(F)(F)F. The molecular weight excluding hydrogens is 456 g/mol. The molecule has 0 radical (unpaired) electrons. The van der Waals surface area contributed by atoms with Gasteiger partial charge in [0.05, 0.1) is 12.2 Å². The van der Waals surface area contributed by atoms with E-state index in [0.29, 0.717) is 30.9 Å². The van der Waals surface area contributed by atoms with E-state index < -0.39 is 41.7 Å². The molecule has 2 heterocycles.